The molecule has 0 radical (unpaired) electrons. The van der Waals surface area contributed by atoms with Crippen molar-refractivity contribution in [2.24, 2.45) is 11.7 Å². The normalized spacial score (nSPS) is 13.4. The van der Waals surface area contributed by atoms with Gasteiger partial charge in [0.25, 0.3) is 5.91 Å². The topological polar surface area (TPSA) is 351 Å². The van der Waals surface area contributed by atoms with Crippen LogP contribution in [-0.2, 0) is 56.0 Å². The lowest BCUT2D eigenvalue weighted by molar-refractivity contribution is -0.139. The summed E-state index contributed by atoms with van der Waals surface area (Å²) in [6.07, 6.45) is -1.87. The third-order valence-corrected chi connectivity index (χ3v) is 10.7. The average molecular weight is 975 g/mol. The summed E-state index contributed by atoms with van der Waals surface area (Å²) in [7, 11) is 1.46. The summed E-state index contributed by atoms with van der Waals surface area (Å²) >= 11 is 0. The Bertz CT molecular complexity index is 2290. The van der Waals surface area contributed by atoms with Crippen molar-refractivity contribution in [3.8, 4) is 11.5 Å². The minimum absolute atomic E-state index is 0.00863. The van der Waals surface area contributed by atoms with Crippen molar-refractivity contribution in [1.29, 1.82) is 0 Å². The first-order valence-electron chi connectivity index (χ1n) is 22.4. The monoisotopic (exact) mass is 974 g/mol. The van der Waals surface area contributed by atoms with Gasteiger partial charge in [0.2, 0.25) is 41.4 Å². The number of aromatic hydroxyl groups is 1. The number of hydrogen-bond acceptors (Lipinski definition) is 12. The van der Waals surface area contributed by atoms with Gasteiger partial charge in [-0.15, -0.1) is 0 Å². The summed E-state index contributed by atoms with van der Waals surface area (Å²) in [5.74, 6) is -9.06. The van der Waals surface area contributed by atoms with Crippen LogP contribution in [0.5, 0.6) is 11.5 Å². The molecule has 22 heteroatoms. The van der Waals surface area contributed by atoms with Crippen molar-refractivity contribution in [3.63, 3.8) is 0 Å². The Balaban J connectivity index is 1.82. The number of ether oxygens (including phenoxy) is 1. The van der Waals surface area contributed by atoms with Gasteiger partial charge in [0, 0.05) is 24.8 Å². The molecule has 8 amide bonds. The Morgan fingerprint density at radius 3 is 1.64 bits per heavy atom. The second kappa shape index (κ2) is 28.3. The number of primary amides is 1. The number of carboxylic acids is 2. The van der Waals surface area contributed by atoms with E-state index >= 15 is 0 Å². The average Bonchev–Trinajstić information content (AvgIpc) is 3.31. The molecule has 378 valence electrons. The van der Waals surface area contributed by atoms with Crippen LogP contribution in [0.4, 0.5) is 0 Å². The Morgan fingerprint density at radius 1 is 0.571 bits per heavy atom. The number of carbonyl (C=O) groups is 10. The summed E-state index contributed by atoms with van der Waals surface area (Å²) < 4.78 is 5.08. The van der Waals surface area contributed by atoms with E-state index < -0.39 is 121 Å². The fraction of sp³-hybridized carbons (Fsp3) is 0.417. The van der Waals surface area contributed by atoms with Gasteiger partial charge in [0.15, 0.2) is 0 Å². The predicted octanol–water partition coefficient (Wildman–Crippen LogP) is 0.196. The second-order valence-corrected chi connectivity index (χ2v) is 16.8. The van der Waals surface area contributed by atoms with Crippen LogP contribution in [0.3, 0.4) is 0 Å². The molecule has 0 spiro atoms. The van der Waals surface area contributed by atoms with E-state index in [0.29, 0.717) is 16.9 Å². The van der Waals surface area contributed by atoms with Crippen LogP contribution >= 0.6 is 0 Å². The lowest BCUT2D eigenvalue weighted by Gasteiger charge is -2.28. The molecule has 3 aromatic rings. The van der Waals surface area contributed by atoms with Crippen LogP contribution in [0.1, 0.15) is 80.8 Å². The van der Waals surface area contributed by atoms with E-state index in [0.717, 1.165) is 0 Å². The van der Waals surface area contributed by atoms with Crippen LogP contribution in [-0.4, -0.2) is 124 Å². The SMILES string of the molecule is COc1ccc(C(=O)N[C@@H](C)C(=O)NCC(=O)N[C@@H](CCC(=O)O)C(=O)N[C@@H](Cc2ccccc2)C(=O)N[C@@H](CC(C)C)C(=O)N[C@@H](CCc2ccc(O)cc2)C(=O)N[C@@H](CCC(=O)O)C(N)=O)cc1. The fourth-order valence-electron chi connectivity index (χ4n) is 6.84. The lowest BCUT2D eigenvalue weighted by atomic mass is 9.99. The molecule has 0 saturated carbocycles. The van der Waals surface area contributed by atoms with Crippen LogP contribution in [0, 0.1) is 5.92 Å². The molecule has 70 heavy (non-hydrogen) atoms. The molecule has 0 fully saturated rings. The minimum atomic E-state index is -1.54. The molecule has 0 aliphatic heterocycles. The summed E-state index contributed by atoms with van der Waals surface area (Å²) in [6.45, 7) is 4.23. The zero-order chi connectivity index (χ0) is 51.9. The van der Waals surface area contributed by atoms with E-state index in [1.165, 1.54) is 38.3 Å². The Kier molecular flexibility index (Phi) is 22.8. The third-order valence-electron chi connectivity index (χ3n) is 10.7. The number of carboxylic acid groups (broad SMARTS) is 2. The highest BCUT2D eigenvalue weighted by atomic mass is 16.5. The van der Waals surface area contributed by atoms with E-state index in [9.17, 15) is 58.2 Å². The number of rotatable bonds is 29. The summed E-state index contributed by atoms with van der Waals surface area (Å²) in [4.78, 5) is 130. The van der Waals surface area contributed by atoms with Gasteiger partial charge < -0.3 is 63.0 Å². The molecule has 0 saturated heterocycles. The molecule has 12 N–H and O–H groups in total. The summed E-state index contributed by atoms with van der Waals surface area (Å²) in [5.41, 5.74) is 6.92. The number of methoxy groups -OCH3 is 1. The Labute approximate surface area is 404 Å². The van der Waals surface area contributed by atoms with Crippen LogP contribution in [0.25, 0.3) is 0 Å². The molecule has 0 aromatic heterocycles. The minimum Gasteiger partial charge on any atom is -0.508 e. The number of carbonyl (C=O) groups excluding carboxylic acids is 8. The highest BCUT2D eigenvalue weighted by Crippen LogP contribution is 2.15. The number of nitrogens with two attached hydrogens (primary N) is 1. The molecular formula is C48H62N8O14. The van der Waals surface area contributed by atoms with E-state index in [1.54, 1.807) is 68.4 Å². The molecule has 0 bridgehead atoms. The zero-order valence-electron chi connectivity index (χ0n) is 39.3. The lowest BCUT2D eigenvalue weighted by Crippen LogP contribution is -2.60. The number of benzene rings is 3. The van der Waals surface area contributed by atoms with E-state index in [1.807, 2.05) is 0 Å². The van der Waals surface area contributed by atoms with Gasteiger partial charge in [-0.25, -0.2) is 0 Å². The van der Waals surface area contributed by atoms with Crippen LogP contribution in [0.15, 0.2) is 78.9 Å². The molecule has 0 aliphatic carbocycles. The number of amides is 8. The van der Waals surface area contributed by atoms with Gasteiger partial charge in [-0.05, 0) is 92.5 Å². The van der Waals surface area contributed by atoms with E-state index in [2.05, 4.69) is 37.2 Å². The maximum absolute atomic E-state index is 14.3. The van der Waals surface area contributed by atoms with Crippen molar-refractivity contribution in [1.82, 2.24) is 37.2 Å². The molecule has 0 aliphatic rings. The first-order chi connectivity index (χ1) is 33.1. The number of phenols is 1. The molecule has 3 rings (SSSR count). The van der Waals surface area contributed by atoms with Gasteiger partial charge >= 0.3 is 11.9 Å². The maximum atomic E-state index is 14.3. The third kappa shape index (κ3) is 20.1. The highest BCUT2D eigenvalue weighted by Gasteiger charge is 2.33. The molecule has 22 nitrogen and oxygen atoms in total. The number of phenolic OH excluding ortho intramolecular Hbond substituents is 1. The van der Waals surface area contributed by atoms with Gasteiger partial charge in [0.05, 0.1) is 13.7 Å². The van der Waals surface area contributed by atoms with Crippen molar-refractivity contribution in [3.05, 3.63) is 95.6 Å². The number of aryl methyl sites for hydroxylation is 1. The predicted molar refractivity (Wildman–Crippen MR) is 252 cm³/mol. The largest absolute Gasteiger partial charge is 0.508 e. The van der Waals surface area contributed by atoms with E-state index in [4.69, 9.17) is 15.6 Å². The molecular weight excluding hydrogens is 913 g/mol. The standard InChI is InChI=1S/C48H62N8O14/c1-27(2)24-37(47(68)54-36(19-12-29-10-15-32(57)16-11-29)46(67)53-34(42(49)63)20-22-40(59)60)55-48(69)38(25-30-8-6-5-7-9-30)56-45(66)35(21-23-41(61)62)52-39(58)26-50-43(64)28(3)51-44(65)31-13-17-33(70-4)18-14-31/h5-11,13-18,27-28,34-38,57H,12,19-26H2,1-4H3,(H2,49,63)(H,50,64)(H,51,65)(H,52,58)(H,53,67)(H,54,68)(H,55,69)(H,56,66)(H,59,60)(H,61,62)/t28-,34-,35-,36-,37-,38-/m0/s1. The van der Waals surface area contributed by atoms with Gasteiger partial charge in [-0.2, -0.15) is 0 Å². The van der Waals surface area contributed by atoms with Gasteiger partial charge in [0.1, 0.15) is 47.8 Å². The second-order valence-electron chi connectivity index (χ2n) is 16.8. The fourth-order valence-corrected chi connectivity index (χ4v) is 6.84. The first-order valence-corrected chi connectivity index (χ1v) is 22.4. The highest BCUT2D eigenvalue weighted by molar-refractivity contribution is 5.99. The van der Waals surface area contributed by atoms with Crippen molar-refractivity contribution >= 4 is 59.2 Å². The number of aliphatic carboxylic acids is 2. The van der Waals surface area contributed by atoms with Gasteiger partial charge in [-0.1, -0.05) is 56.3 Å². The van der Waals surface area contributed by atoms with Crippen molar-refractivity contribution < 1.29 is 68.0 Å². The first kappa shape index (κ1) is 56.3. The maximum Gasteiger partial charge on any atom is 0.303 e. The molecule has 6 atom stereocenters. The smallest absolute Gasteiger partial charge is 0.303 e. The number of nitrogens with one attached hydrogen (secondary N) is 7. The zero-order valence-corrected chi connectivity index (χ0v) is 39.3. The van der Waals surface area contributed by atoms with Crippen molar-refractivity contribution in [2.45, 2.75) is 108 Å². The van der Waals surface area contributed by atoms with Crippen molar-refractivity contribution in [2.75, 3.05) is 13.7 Å². The quantitative estimate of drug-likeness (QED) is 0.0443. The van der Waals surface area contributed by atoms with Crippen LogP contribution in [0.2, 0.25) is 0 Å². The number of hydrogen-bond donors (Lipinski definition) is 11. The van der Waals surface area contributed by atoms with Crippen LogP contribution < -0.4 is 47.7 Å². The van der Waals surface area contributed by atoms with E-state index in [-0.39, 0.29) is 49.3 Å². The van der Waals surface area contributed by atoms with Gasteiger partial charge in [-0.3, -0.25) is 47.9 Å². The summed E-state index contributed by atoms with van der Waals surface area (Å²) in [6, 6.07) is 12.4. The molecule has 0 unspecified atom stereocenters. The Hall–Kier alpha value is -8.04. The Morgan fingerprint density at radius 2 is 1.09 bits per heavy atom. The summed E-state index contributed by atoms with van der Waals surface area (Å²) in [5, 5.41) is 45.9. The molecule has 0 heterocycles. The molecule has 3 aromatic carbocycles.